The first-order valence-corrected chi connectivity index (χ1v) is 7.51. The lowest BCUT2D eigenvalue weighted by Crippen LogP contribution is -2.22. The van der Waals surface area contributed by atoms with Gasteiger partial charge in [-0.25, -0.2) is 0 Å². The molecule has 1 N–H and O–H groups in total. The third-order valence-corrected chi connectivity index (χ3v) is 3.24. The van der Waals surface area contributed by atoms with Gasteiger partial charge in [-0.05, 0) is 36.8 Å². The largest absolute Gasteiger partial charge is 0.545 e. The van der Waals surface area contributed by atoms with E-state index in [9.17, 15) is 20.0 Å². The highest BCUT2D eigenvalue weighted by Crippen LogP contribution is 2.21. The molecule has 0 bridgehead atoms. The van der Waals surface area contributed by atoms with E-state index in [2.05, 4.69) is 5.32 Å². The molecule has 0 unspecified atom stereocenters. The third kappa shape index (κ3) is 4.69. The van der Waals surface area contributed by atoms with Crippen LogP contribution in [0.25, 0.3) is 6.08 Å². The topological polar surface area (TPSA) is 102 Å². The summed E-state index contributed by atoms with van der Waals surface area (Å²) >= 11 is 0. The zero-order chi connectivity index (χ0) is 18.2. The van der Waals surface area contributed by atoms with Gasteiger partial charge in [0.25, 0.3) is 5.91 Å². The van der Waals surface area contributed by atoms with Crippen LogP contribution < -0.4 is 15.2 Å². The van der Waals surface area contributed by atoms with Crippen molar-refractivity contribution in [2.45, 2.75) is 6.92 Å². The van der Waals surface area contributed by atoms with Crippen LogP contribution in [-0.2, 0) is 4.79 Å². The summed E-state index contributed by atoms with van der Waals surface area (Å²) in [6, 6.07) is 14.5. The van der Waals surface area contributed by atoms with E-state index in [0.29, 0.717) is 17.9 Å². The summed E-state index contributed by atoms with van der Waals surface area (Å²) in [5, 5.41) is 22.6. The number of carbonyl (C=O) groups is 2. The van der Waals surface area contributed by atoms with Gasteiger partial charge >= 0.3 is 0 Å². The number of hydrogen-bond acceptors (Lipinski definition) is 5. The first kappa shape index (κ1) is 17.8. The van der Waals surface area contributed by atoms with E-state index >= 15 is 0 Å². The van der Waals surface area contributed by atoms with Gasteiger partial charge in [0.05, 0.1) is 12.6 Å². The zero-order valence-electron chi connectivity index (χ0n) is 13.5. The highest BCUT2D eigenvalue weighted by atomic mass is 16.5. The van der Waals surface area contributed by atoms with Crippen molar-refractivity contribution in [3.8, 4) is 11.8 Å². The molecule has 0 saturated heterocycles. The number of nitriles is 1. The number of hydrogen-bond donors (Lipinski definition) is 1. The number of rotatable bonds is 6. The normalized spacial score (nSPS) is 10.6. The Bertz CT molecular complexity index is 866. The second-order valence-electron chi connectivity index (χ2n) is 4.96. The number of para-hydroxylation sites is 1. The molecule has 2 aromatic rings. The Hall–Kier alpha value is -3.59. The maximum Gasteiger partial charge on any atom is 0.266 e. The summed E-state index contributed by atoms with van der Waals surface area (Å²) < 4.78 is 5.46. The molecule has 0 aromatic heterocycles. The highest BCUT2D eigenvalue weighted by Gasteiger charge is 2.11. The molecule has 0 atom stereocenters. The molecule has 6 nitrogen and oxygen atoms in total. The minimum atomic E-state index is -1.35. The Morgan fingerprint density at radius 3 is 2.68 bits per heavy atom. The van der Waals surface area contributed by atoms with Crippen LogP contribution in [0.4, 0.5) is 5.69 Å². The molecule has 2 rings (SSSR count). The molecule has 0 aliphatic rings. The van der Waals surface area contributed by atoms with Gasteiger partial charge in [-0.15, -0.1) is 0 Å². The molecule has 126 valence electrons. The Labute approximate surface area is 145 Å². The molecule has 0 spiro atoms. The van der Waals surface area contributed by atoms with Gasteiger partial charge in [0.2, 0.25) is 0 Å². The van der Waals surface area contributed by atoms with Gasteiger partial charge in [0.1, 0.15) is 17.4 Å². The SMILES string of the molecule is CCOc1ccccc1/C=C(\C#N)C(=O)Nc1cccc(C(=O)[O-])c1. The second kappa shape index (κ2) is 8.31. The van der Waals surface area contributed by atoms with Crippen LogP contribution in [0.2, 0.25) is 0 Å². The molecular weight excluding hydrogens is 320 g/mol. The van der Waals surface area contributed by atoms with Crippen LogP contribution >= 0.6 is 0 Å². The Kier molecular flexibility index (Phi) is 5.91. The number of nitrogens with zero attached hydrogens (tertiary/aromatic N) is 1. The van der Waals surface area contributed by atoms with E-state index in [4.69, 9.17) is 4.74 Å². The van der Waals surface area contributed by atoms with Crippen LogP contribution in [-0.4, -0.2) is 18.5 Å². The monoisotopic (exact) mass is 335 g/mol. The zero-order valence-corrected chi connectivity index (χ0v) is 13.5. The van der Waals surface area contributed by atoms with Crippen molar-refractivity contribution in [3.05, 3.63) is 65.2 Å². The van der Waals surface area contributed by atoms with E-state index in [1.807, 2.05) is 13.0 Å². The van der Waals surface area contributed by atoms with Crippen molar-refractivity contribution >= 4 is 23.6 Å². The maximum absolute atomic E-state index is 12.3. The fourth-order valence-electron chi connectivity index (χ4n) is 2.11. The summed E-state index contributed by atoms with van der Waals surface area (Å²) in [6.45, 7) is 2.29. The smallest absolute Gasteiger partial charge is 0.266 e. The van der Waals surface area contributed by atoms with Crippen LogP contribution in [0.1, 0.15) is 22.8 Å². The fourth-order valence-corrected chi connectivity index (χ4v) is 2.11. The van der Waals surface area contributed by atoms with E-state index in [1.54, 1.807) is 24.3 Å². The predicted octanol–water partition coefficient (Wildman–Crippen LogP) is 1.99. The maximum atomic E-state index is 12.3. The van der Waals surface area contributed by atoms with Crippen LogP contribution in [0, 0.1) is 11.3 Å². The molecule has 0 radical (unpaired) electrons. The van der Waals surface area contributed by atoms with Crippen LogP contribution in [0.3, 0.4) is 0 Å². The first-order chi connectivity index (χ1) is 12.0. The van der Waals surface area contributed by atoms with Gasteiger partial charge in [-0.2, -0.15) is 5.26 Å². The van der Waals surface area contributed by atoms with Crippen molar-refractivity contribution in [1.29, 1.82) is 5.26 Å². The third-order valence-electron chi connectivity index (χ3n) is 3.24. The number of carboxylic acids is 1. The number of anilines is 1. The minimum Gasteiger partial charge on any atom is -0.545 e. The molecule has 0 aliphatic heterocycles. The number of benzene rings is 2. The number of aromatic carboxylic acids is 1. The molecule has 0 aliphatic carbocycles. The predicted molar refractivity (Wildman–Crippen MR) is 90.6 cm³/mol. The molecule has 1 amide bonds. The lowest BCUT2D eigenvalue weighted by atomic mass is 10.1. The lowest BCUT2D eigenvalue weighted by Gasteiger charge is -2.09. The van der Waals surface area contributed by atoms with Gasteiger partial charge in [-0.1, -0.05) is 30.3 Å². The average Bonchev–Trinajstić information content (AvgIpc) is 2.61. The van der Waals surface area contributed by atoms with Crippen molar-refractivity contribution in [3.63, 3.8) is 0 Å². The summed E-state index contributed by atoms with van der Waals surface area (Å²) in [5.74, 6) is -1.44. The standard InChI is InChI=1S/C19H16N2O4/c1-2-25-17-9-4-3-6-13(17)10-15(12-20)18(22)21-16-8-5-7-14(11-16)19(23)24/h3-11H,2H2,1H3,(H,21,22)(H,23,24)/p-1/b15-10+. The molecule has 0 saturated carbocycles. The van der Waals surface area contributed by atoms with Crippen molar-refractivity contribution in [2.24, 2.45) is 0 Å². The number of carboxylic acid groups (broad SMARTS) is 1. The quantitative estimate of drug-likeness (QED) is 0.642. The highest BCUT2D eigenvalue weighted by molar-refractivity contribution is 6.10. The number of nitrogens with one attached hydrogen (secondary N) is 1. The van der Waals surface area contributed by atoms with E-state index in [-0.39, 0.29) is 16.8 Å². The van der Waals surface area contributed by atoms with E-state index < -0.39 is 11.9 Å². The van der Waals surface area contributed by atoms with Crippen LogP contribution in [0.5, 0.6) is 5.75 Å². The van der Waals surface area contributed by atoms with Gasteiger partial charge in [0.15, 0.2) is 0 Å². The summed E-state index contributed by atoms with van der Waals surface area (Å²) in [5.41, 5.74) is 0.651. The molecular formula is C19H15N2O4-. The molecule has 25 heavy (non-hydrogen) atoms. The number of carbonyl (C=O) groups excluding carboxylic acids is 2. The van der Waals surface area contributed by atoms with E-state index in [0.717, 1.165) is 0 Å². The molecule has 2 aromatic carbocycles. The van der Waals surface area contributed by atoms with Crippen molar-refractivity contribution in [1.82, 2.24) is 0 Å². The Morgan fingerprint density at radius 2 is 2.00 bits per heavy atom. The van der Waals surface area contributed by atoms with Gasteiger partial charge in [0, 0.05) is 11.3 Å². The van der Waals surface area contributed by atoms with Crippen molar-refractivity contribution in [2.75, 3.05) is 11.9 Å². The fraction of sp³-hybridized carbons (Fsp3) is 0.105. The number of amides is 1. The summed E-state index contributed by atoms with van der Waals surface area (Å²) in [4.78, 5) is 23.2. The van der Waals surface area contributed by atoms with Crippen LogP contribution in [0.15, 0.2) is 54.1 Å². The van der Waals surface area contributed by atoms with Gasteiger partial charge < -0.3 is 20.0 Å². The first-order valence-electron chi connectivity index (χ1n) is 7.51. The van der Waals surface area contributed by atoms with E-state index in [1.165, 1.54) is 30.3 Å². The second-order valence-corrected chi connectivity index (χ2v) is 4.96. The molecule has 0 fully saturated rings. The average molecular weight is 335 g/mol. The minimum absolute atomic E-state index is 0.0676. The molecule has 0 heterocycles. The Balaban J connectivity index is 2.26. The summed E-state index contributed by atoms with van der Waals surface area (Å²) in [6.07, 6.45) is 1.42. The van der Waals surface area contributed by atoms with Gasteiger partial charge in [-0.3, -0.25) is 4.79 Å². The summed E-state index contributed by atoms with van der Waals surface area (Å²) in [7, 11) is 0. The van der Waals surface area contributed by atoms with Crippen molar-refractivity contribution < 1.29 is 19.4 Å². The lowest BCUT2D eigenvalue weighted by molar-refractivity contribution is -0.255. The number of ether oxygens (including phenoxy) is 1. The Morgan fingerprint density at radius 1 is 1.24 bits per heavy atom. The molecule has 6 heteroatoms.